The Bertz CT molecular complexity index is 2580. The summed E-state index contributed by atoms with van der Waals surface area (Å²) in [5, 5.41) is 12.0. The standard InChI is InChI=1S/C46H35N5/c1-32-14-13-21-40(33(32)2)46-48-47-45(34-15-5-3-6-16-34)51(46)39-30-26-37(27-31-39)49(35-17-7-4-8-18-35)36-24-28-38(29-25-36)50-43-22-11-9-19-41(43)42-20-10-12-23-44(42)50/h3-31H,1-2H3. The SMILES string of the molecule is Cc1cccc(-c2nnc(-c3ccccc3)n2-c2ccc(N(c3ccccc3)c3ccc(-n4c5ccccc5c5ccccc54)cc3)cc2)c1C. The molecular weight excluding hydrogens is 623 g/mol. The topological polar surface area (TPSA) is 38.9 Å². The van der Waals surface area contributed by atoms with Gasteiger partial charge in [0.25, 0.3) is 0 Å². The minimum atomic E-state index is 0.805. The van der Waals surface area contributed by atoms with E-state index in [2.05, 4.69) is 186 Å². The summed E-state index contributed by atoms with van der Waals surface area (Å²) in [6, 6.07) is 62.0. The highest BCUT2D eigenvalue weighted by atomic mass is 15.3. The van der Waals surface area contributed by atoms with E-state index in [1.54, 1.807) is 0 Å². The molecule has 0 unspecified atom stereocenters. The van der Waals surface area contributed by atoms with E-state index in [1.165, 1.54) is 32.9 Å². The molecule has 0 fully saturated rings. The second-order valence-corrected chi connectivity index (χ2v) is 12.9. The summed E-state index contributed by atoms with van der Waals surface area (Å²) in [6.07, 6.45) is 0. The molecule has 9 rings (SSSR count). The summed E-state index contributed by atoms with van der Waals surface area (Å²) in [5.41, 5.74) is 12.2. The van der Waals surface area contributed by atoms with Crippen molar-refractivity contribution in [2.45, 2.75) is 13.8 Å². The summed E-state index contributed by atoms with van der Waals surface area (Å²) in [7, 11) is 0. The molecule has 0 saturated heterocycles. The van der Waals surface area contributed by atoms with Crippen LogP contribution < -0.4 is 4.90 Å². The largest absolute Gasteiger partial charge is 0.311 e. The molecule has 0 radical (unpaired) electrons. The molecule has 0 aliphatic rings. The third kappa shape index (κ3) is 5.27. The van der Waals surface area contributed by atoms with E-state index in [0.29, 0.717) is 0 Å². The molecule has 0 aliphatic heterocycles. The van der Waals surface area contributed by atoms with Gasteiger partial charge in [0.05, 0.1) is 11.0 Å². The van der Waals surface area contributed by atoms with Crippen LogP contribution >= 0.6 is 0 Å². The number of aryl methyl sites for hydroxylation is 1. The van der Waals surface area contributed by atoms with Gasteiger partial charge in [0.1, 0.15) is 0 Å². The minimum Gasteiger partial charge on any atom is -0.311 e. The van der Waals surface area contributed by atoms with Crippen molar-refractivity contribution in [2.24, 2.45) is 0 Å². The molecule has 7 aromatic carbocycles. The van der Waals surface area contributed by atoms with E-state index in [9.17, 15) is 0 Å². The van der Waals surface area contributed by atoms with E-state index >= 15 is 0 Å². The van der Waals surface area contributed by atoms with Gasteiger partial charge in [-0.05, 0) is 97.8 Å². The highest BCUT2D eigenvalue weighted by molar-refractivity contribution is 6.09. The van der Waals surface area contributed by atoms with E-state index in [0.717, 1.165) is 51.2 Å². The molecule has 5 heteroatoms. The smallest absolute Gasteiger partial charge is 0.169 e. The van der Waals surface area contributed by atoms with Crippen molar-refractivity contribution in [1.82, 2.24) is 19.3 Å². The first-order chi connectivity index (χ1) is 25.2. The Labute approximate surface area is 297 Å². The first-order valence-electron chi connectivity index (χ1n) is 17.3. The number of rotatable bonds is 7. The van der Waals surface area contributed by atoms with Crippen LogP contribution in [0.3, 0.4) is 0 Å². The molecule has 0 aliphatic carbocycles. The van der Waals surface area contributed by atoms with Gasteiger partial charge in [-0.15, -0.1) is 10.2 Å². The van der Waals surface area contributed by atoms with Crippen molar-refractivity contribution in [3.63, 3.8) is 0 Å². The molecule has 0 saturated carbocycles. The molecular formula is C46H35N5. The molecule has 5 nitrogen and oxygen atoms in total. The number of benzene rings is 7. The van der Waals surface area contributed by atoms with E-state index in [-0.39, 0.29) is 0 Å². The maximum Gasteiger partial charge on any atom is 0.169 e. The minimum absolute atomic E-state index is 0.805. The summed E-state index contributed by atoms with van der Waals surface area (Å²) < 4.78 is 4.53. The second-order valence-electron chi connectivity index (χ2n) is 12.9. The predicted octanol–water partition coefficient (Wildman–Crippen LogP) is 11.8. The Morgan fingerprint density at radius 2 is 0.902 bits per heavy atom. The van der Waals surface area contributed by atoms with Crippen molar-refractivity contribution in [3.8, 4) is 34.2 Å². The predicted molar refractivity (Wildman–Crippen MR) is 211 cm³/mol. The molecule has 0 N–H and O–H groups in total. The Morgan fingerprint density at radius 1 is 0.412 bits per heavy atom. The Balaban J connectivity index is 1.14. The number of nitrogens with zero attached hydrogens (tertiary/aromatic N) is 5. The van der Waals surface area contributed by atoms with Crippen LogP contribution in [-0.4, -0.2) is 19.3 Å². The summed E-state index contributed by atoms with van der Waals surface area (Å²) in [6.45, 7) is 4.29. The summed E-state index contributed by atoms with van der Waals surface area (Å²) >= 11 is 0. The lowest BCUT2D eigenvalue weighted by Crippen LogP contribution is -2.10. The van der Waals surface area contributed by atoms with E-state index in [1.807, 2.05) is 18.2 Å². The van der Waals surface area contributed by atoms with Gasteiger partial charge in [0.15, 0.2) is 11.6 Å². The number of hydrogen-bond donors (Lipinski definition) is 0. The average Bonchev–Trinajstić information content (AvgIpc) is 3.78. The van der Waals surface area contributed by atoms with Crippen LogP contribution in [0.2, 0.25) is 0 Å². The van der Waals surface area contributed by atoms with Gasteiger partial charge in [-0.3, -0.25) is 4.57 Å². The Morgan fingerprint density at radius 3 is 1.51 bits per heavy atom. The molecule has 0 bridgehead atoms. The number of para-hydroxylation sites is 3. The van der Waals surface area contributed by atoms with E-state index in [4.69, 9.17) is 10.2 Å². The van der Waals surface area contributed by atoms with Crippen LogP contribution in [0.25, 0.3) is 56.0 Å². The third-order valence-corrected chi connectivity index (χ3v) is 9.87. The third-order valence-electron chi connectivity index (χ3n) is 9.87. The highest BCUT2D eigenvalue weighted by Crippen LogP contribution is 2.38. The van der Waals surface area contributed by atoms with Crippen LogP contribution in [-0.2, 0) is 0 Å². The van der Waals surface area contributed by atoms with Crippen molar-refractivity contribution in [3.05, 3.63) is 187 Å². The lowest BCUT2D eigenvalue weighted by Gasteiger charge is -2.26. The van der Waals surface area contributed by atoms with Crippen LogP contribution in [0.4, 0.5) is 17.1 Å². The van der Waals surface area contributed by atoms with Crippen molar-refractivity contribution < 1.29 is 0 Å². The molecule has 9 aromatic rings. The van der Waals surface area contributed by atoms with Gasteiger partial charge >= 0.3 is 0 Å². The zero-order chi connectivity index (χ0) is 34.3. The Kier molecular flexibility index (Phi) is 7.51. The quantitative estimate of drug-likeness (QED) is 0.171. The van der Waals surface area contributed by atoms with Gasteiger partial charge in [-0.25, -0.2) is 0 Å². The number of aromatic nitrogens is 4. The molecule has 2 aromatic heterocycles. The molecule has 2 heterocycles. The van der Waals surface area contributed by atoms with Crippen LogP contribution in [0, 0.1) is 13.8 Å². The zero-order valence-corrected chi connectivity index (χ0v) is 28.5. The summed E-state index contributed by atoms with van der Waals surface area (Å²) in [4.78, 5) is 2.30. The maximum absolute atomic E-state index is 4.76. The normalized spacial score (nSPS) is 11.3. The van der Waals surface area contributed by atoms with Crippen molar-refractivity contribution in [2.75, 3.05) is 4.90 Å². The number of hydrogen-bond acceptors (Lipinski definition) is 3. The zero-order valence-electron chi connectivity index (χ0n) is 28.5. The lowest BCUT2D eigenvalue weighted by atomic mass is 10.0. The summed E-state index contributed by atoms with van der Waals surface area (Å²) in [5.74, 6) is 1.63. The Hall–Kier alpha value is -6.72. The first-order valence-corrected chi connectivity index (χ1v) is 17.3. The van der Waals surface area contributed by atoms with Crippen molar-refractivity contribution in [1.29, 1.82) is 0 Å². The van der Waals surface area contributed by atoms with Crippen LogP contribution in [0.1, 0.15) is 11.1 Å². The molecule has 0 amide bonds. The highest BCUT2D eigenvalue weighted by Gasteiger charge is 2.20. The lowest BCUT2D eigenvalue weighted by molar-refractivity contribution is 1.07. The fourth-order valence-corrected chi connectivity index (χ4v) is 7.20. The van der Waals surface area contributed by atoms with E-state index < -0.39 is 0 Å². The molecule has 51 heavy (non-hydrogen) atoms. The van der Waals surface area contributed by atoms with Gasteiger partial charge in [0.2, 0.25) is 0 Å². The molecule has 0 spiro atoms. The fourth-order valence-electron chi connectivity index (χ4n) is 7.20. The van der Waals surface area contributed by atoms with Crippen LogP contribution in [0.5, 0.6) is 0 Å². The van der Waals surface area contributed by atoms with Gasteiger partial charge in [-0.2, -0.15) is 0 Å². The van der Waals surface area contributed by atoms with Crippen molar-refractivity contribution >= 4 is 38.9 Å². The monoisotopic (exact) mass is 657 g/mol. The second kappa shape index (κ2) is 12.6. The number of fused-ring (bicyclic) bond motifs is 3. The van der Waals surface area contributed by atoms with Gasteiger partial charge < -0.3 is 9.47 Å². The van der Waals surface area contributed by atoms with Gasteiger partial charge in [0, 0.05) is 50.3 Å². The van der Waals surface area contributed by atoms with Gasteiger partial charge in [-0.1, -0.05) is 103 Å². The maximum atomic E-state index is 4.76. The number of anilines is 3. The average molecular weight is 658 g/mol. The molecule has 244 valence electrons. The fraction of sp³-hybridized carbons (Fsp3) is 0.0435. The first kappa shape index (κ1) is 30.3. The molecule has 0 atom stereocenters. The van der Waals surface area contributed by atoms with Crippen LogP contribution in [0.15, 0.2) is 176 Å².